The summed E-state index contributed by atoms with van der Waals surface area (Å²) in [6, 6.07) is 0. The summed E-state index contributed by atoms with van der Waals surface area (Å²) in [5.41, 5.74) is 0. The predicted molar refractivity (Wildman–Crippen MR) is 47.4 cm³/mol. The van der Waals surface area contributed by atoms with Crippen molar-refractivity contribution in [3.8, 4) is 0 Å². The van der Waals surface area contributed by atoms with Gasteiger partial charge in [0, 0.05) is 0 Å². The minimum atomic E-state index is 0.202. The van der Waals surface area contributed by atoms with E-state index in [1.165, 1.54) is 19.3 Å². The Bertz CT molecular complexity index is 74.6. The summed E-state index contributed by atoms with van der Waals surface area (Å²) in [5.74, 6) is 2.34. The molecule has 0 bridgehead atoms. The molecule has 0 aromatic carbocycles. The lowest BCUT2D eigenvalue weighted by molar-refractivity contribution is 0.815. The van der Waals surface area contributed by atoms with Crippen LogP contribution in [0, 0.1) is 0 Å². The quantitative estimate of drug-likeness (QED) is 0.419. The van der Waals surface area contributed by atoms with Crippen molar-refractivity contribution in [3.63, 3.8) is 0 Å². The standard InChI is InChI=1S/C8H17P/c1-4-5-6-7-8-9(2)3/h7-8H,4-6H2,1-3H3. The van der Waals surface area contributed by atoms with Crippen molar-refractivity contribution in [2.24, 2.45) is 0 Å². The zero-order valence-corrected chi connectivity index (χ0v) is 7.62. The zero-order chi connectivity index (χ0) is 7.11. The Kier molecular flexibility index (Phi) is 6.41. The van der Waals surface area contributed by atoms with Gasteiger partial charge in [-0.3, -0.25) is 0 Å². The first-order chi connectivity index (χ1) is 4.27. The lowest BCUT2D eigenvalue weighted by Gasteiger charge is -1.93. The van der Waals surface area contributed by atoms with E-state index in [1.807, 2.05) is 0 Å². The summed E-state index contributed by atoms with van der Waals surface area (Å²) in [6.45, 7) is 6.78. The highest BCUT2D eigenvalue weighted by molar-refractivity contribution is 7.59. The van der Waals surface area contributed by atoms with Gasteiger partial charge in [0.2, 0.25) is 0 Å². The van der Waals surface area contributed by atoms with E-state index in [0.29, 0.717) is 0 Å². The molecule has 0 N–H and O–H groups in total. The Morgan fingerprint density at radius 2 is 2.00 bits per heavy atom. The van der Waals surface area contributed by atoms with Crippen LogP contribution >= 0.6 is 7.92 Å². The van der Waals surface area contributed by atoms with Crippen LogP contribution in [0.15, 0.2) is 11.9 Å². The summed E-state index contributed by atoms with van der Waals surface area (Å²) in [4.78, 5) is 0. The molecule has 0 atom stereocenters. The second-order valence-electron chi connectivity index (χ2n) is 2.49. The SMILES string of the molecule is CCCCC=CP(C)C. The molecule has 0 aliphatic rings. The third-order valence-corrected chi connectivity index (χ3v) is 1.93. The highest BCUT2D eigenvalue weighted by Gasteiger charge is 1.81. The average molecular weight is 144 g/mol. The molecule has 0 unspecified atom stereocenters. The molecule has 0 rings (SSSR count). The van der Waals surface area contributed by atoms with Gasteiger partial charge in [-0.1, -0.05) is 39.6 Å². The first-order valence-electron chi connectivity index (χ1n) is 3.60. The molecule has 0 nitrogen and oxygen atoms in total. The molecule has 0 amide bonds. The van der Waals surface area contributed by atoms with Gasteiger partial charge in [0.1, 0.15) is 0 Å². The Labute approximate surface area is 60.1 Å². The molecule has 1 heteroatoms. The van der Waals surface area contributed by atoms with Crippen LogP contribution in [0.1, 0.15) is 26.2 Å². The molecule has 0 aromatic rings. The van der Waals surface area contributed by atoms with Crippen LogP contribution in [0.5, 0.6) is 0 Å². The van der Waals surface area contributed by atoms with Crippen molar-refractivity contribution < 1.29 is 0 Å². The zero-order valence-electron chi connectivity index (χ0n) is 6.72. The van der Waals surface area contributed by atoms with E-state index in [9.17, 15) is 0 Å². The smallest absolute Gasteiger partial charge is 0.0347 e. The lowest BCUT2D eigenvalue weighted by atomic mass is 10.2. The molecular weight excluding hydrogens is 127 g/mol. The fourth-order valence-electron chi connectivity index (χ4n) is 0.607. The minimum Gasteiger partial charge on any atom is -0.0900 e. The fourth-order valence-corrected chi connectivity index (χ4v) is 1.18. The Hall–Kier alpha value is 0.170. The third kappa shape index (κ3) is 8.17. The molecular formula is C8H17P. The van der Waals surface area contributed by atoms with Crippen LogP contribution < -0.4 is 0 Å². The molecule has 0 spiro atoms. The molecule has 9 heavy (non-hydrogen) atoms. The van der Waals surface area contributed by atoms with Crippen LogP contribution in [-0.4, -0.2) is 13.3 Å². The summed E-state index contributed by atoms with van der Waals surface area (Å²) in [5, 5.41) is 0. The first-order valence-corrected chi connectivity index (χ1v) is 5.91. The van der Waals surface area contributed by atoms with E-state index in [2.05, 4.69) is 32.1 Å². The van der Waals surface area contributed by atoms with Crippen molar-refractivity contribution in [2.45, 2.75) is 26.2 Å². The molecule has 0 aliphatic carbocycles. The van der Waals surface area contributed by atoms with Crippen LogP contribution in [0.2, 0.25) is 0 Å². The third-order valence-electron chi connectivity index (χ3n) is 1.13. The number of rotatable bonds is 4. The highest BCUT2D eigenvalue weighted by atomic mass is 31.1. The van der Waals surface area contributed by atoms with Crippen LogP contribution in [0.3, 0.4) is 0 Å². The molecule has 0 heterocycles. The topological polar surface area (TPSA) is 0 Å². The van der Waals surface area contributed by atoms with Crippen molar-refractivity contribution in [2.75, 3.05) is 13.3 Å². The van der Waals surface area contributed by atoms with Gasteiger partial charge in [-0.05, 0) is 19.8 Å². The Balaban J connectivity index is 3.04. The maximum atomic E-state index is 2.34. The van der Waals surface area contributed by atoms with E-state index in [4.69, 9.17) is 0 Å². The Morgan fingerprint density at radius 3 is 2.44 bits per heavy atom. The predicted octanol–water partition coefficient (Wildman–Crippen LogP) is 3.43. The van der Waals surface area contributed by atoms with Crippen LogP contribution in [0.25, 0.3) is 0 Å². The summed E-state index contributed by atoms with van der Waals surface area (Å²) >= 11 is 0. The number of unbranched alkanes of at least 4 members (excludes halogenated alkanes) is 2. The average Bonchev–Trinajstić information content (AvgIpc) is 1.80. The number of allylic oxidation sites excluding steroid dienone is 1. The fraction of sp³-hybridized carbons (Fsp3) is 0.750. The number of hydrogen-bond donors (Lipinski definition) is 0. The molecule has 0 saturated heterocycles. The highest BCUT2D eigenvalue weighted by Crippen LogP contribution is 2.25. The summed E-state index contributed by atoms with van der Waals surface area (Å²) in [6.07, 6.45) is 6.25. The van der Waals surface area contributed by atoms with Gasteiger partial charge in [0.25, 0.3) is 0 Å². The van der Waals surface area contributed by atoms with Gasteiger partial charge >= 0.3 is 0 Å². The van der Waals surface area contributed by atoms with Gasteiger partial charge < -0.3 is 0 Å². The largest absolute Gasteiger partial charge is 0.0900 e. The van der Waals surface area contributed by atoms with E-state index in [-0.39, 0.29) is 7.92 Å². The van der Waals surface area contributed by atoms with Crippen molar-refractivity contribution in [1.82, 2.24) is 0 Å². The Morgan fingerprint density at radius 1 is 1.33 bits per heavy atom. The molecule has 0 aromatic heterocycles. The monoisotopic (exact) mass is 144 g/mol. The van der Waals surface area contributed by atoms with E-state index in [1.54, 1.807) is 0 Å². The van der Waals surface area contributed by atoms with Gasteiger partial charge in [-0.25, -0.2) is 0 Å². The molecule has 0 radical (unpaired) electrons. The second kappa shape index (κ2) is 6.29. The van der Waals surface area contributed by atoms with Gasteiger partial charge in [0.05, 0.1) is 0 Å². The normalized spacial score (nSPS) is 11.6. The summed E-state index contributed by atoms with van der Waals surface area (Å²) < 4.78 is 0. The van der Waals surface area contributed by atoms with E-state index >= 15 is 0 Å². The number of hydrogen-bond acceptors (Lipinski definition) is 0. The maximum Gasteiger partial charge on any atom is -0.0347 e. The van der Waals surface area contributed by atoms with Crippen molar-refractivity contribution in [3.05, 3.63) is 11.9 Å². The van der Waals surface area contributed by atoms with Crippen LogP contribution in [-0.2, 0) is 0 Å². The van der Waals surface area contributed by atoms with Crippen LogP contribution in [0.4, 0.5) is 0 Å². The van der Waals surface area contributed by atoms with Crippen molar-refractivity contribution >= 4 is 7.92 Å². The van der Waals surface area contributed by atoms with Crippen molar-refractivity contribution in [1.29, 1.82) is 0 Å². The molecule has 0 saturated carbocycles. The maximum absolute atomic E-state index is 2.34. The molecule has 54 valence electrons. The van der Waals surface area contributed by atoms with Gasteiger partial charge in [0.15, 0.2) is 0 Å². The minimum absolute atomic E-state index is 0.202. The second-order valence-corrected chi connectivity index (χ2v) is 4.72. The van der Waals surface area contributed by atoms with Gasteiger partial charge in [-0.2, -0.15) is 0 Å². The lowest BCUT2D eigenvalue weighted by Crippen LogP contribution is -1.65. The molecule has 0 aliphatic heterocycles. The first kappa shape index (κ1) is 9.17. The van der Waals surface area contributed by atoms with E-state index in [0.717, 1.165) is 0 Å². The molecule has 0 fully saturated rings. The van der Waals surface area contributed by atoms with E-state index < -0.39 is 0 Å². The summed E-state index contributed by atoms with van der Waals surface area (Å²) in [7, 11) is 0.202. The van der Waals surface area contributed by atoms with Gasteiger partial charge in [-0.15, -0.1) is 0 Å².